The van der Waals surface area contributed by atoms with Gasteiger partial charge in [0, 0.05) is 37.3 Å². The number of Topliss-reactive ketones (excluding diaryl/α,β-unsaturated/α-hetero) is 1. The highest BCUT2D eigenvalue weighted by molar-refractivity contribution is 6.35. The van der Waals surface area contributed by atoms with Crippen molar-refractivity contribution in [2.24, 2.45) is 0 Å². The molecule has 0 spiro atoms. The van der Waals surface area contributed by atoms with Gasteiger partial charge < -0.3 is 18.8 Å². The summed E-state index contributed by atoms with van der Waals surface area (Å²) in [6, 6.07) is 12.2. The average molecular weight is 489 g/mol. The third-order valence-corrected chi connectivity index (χ3v) is 6.52. The summed E-state index contributed by atoms with van der Waals surface area (Å²) in [5.41, 5.74) is 2.15. The average Bonchev–Trinajstić information content (AvgIpc) is 3.43. The Hall–Kier alpha value is -2.61. The number of para-hydroxylation sites is 1. The predicted molar refractivity (Wildman–Crippen MR) is 128 cm³/mol. The number of imidazole rings is 1. The zero-order valence-corrected chi connectivity index (χ0v) is 19.9. The molecule has 9 heteroatoms. The smallest absolute Gasteiger partial charge is 0.251 e. The second-order valence-electron chi connectivity index (χ2n) is 8.21. The number of halogens is 2. The van der Waals surface area contributed by atoms with Gasteiger partial charge in [-0.2, -0.15) is 0 Å². The predicted octanol–water partition coefficient (Wildman–Crippen LogP) is 4.14. The van der Waals surface area contributed by atoms with Gasteiger partial charge in [-0.1, -0.05) is 29.3 Å². The Bertz CT molecular complexity index is 1230. The molecule has 2 aromatic carbocycles. The summed E-state index contributed by atoms with van der Waals surface area (Å²) >= 11 is 12.4. The van der Waals surface area contributed by atoms with Crippen molar-refractivity contribution in [3.63, 3.8) is 0 Å². The van der Waals surface area contributed by atoms with E-state index in [1.54, 1.807) is 51.4 Å². The fourth-order valence-corrected chi connectivity index (χ4v) is 4.60. The molecule has 0 radical (unpaired) electrons. The van der Waals surface area contributed by atoms with Crippen LogP contribution in [0.3, 0.4) is 0 Å². The lowest BCUT2D eigenvalue weighted by molar-refractivity contribution is -0.139. The van der Waals surface area contributed by atoms with E-state index in [0.717, 1.165) is 18.4 Å². The third kappa shape index (κ3) is 5.00. The number of hydrogen-bond donors (Lipinski definition) is 1. The number of rotatable bonds is 8. The van der Waals surface area contributed by atoms with Gasteiger partial charge in [0.1, 0.15) is 6.10 Å². The second-order valence-corrected chi connectivity index (χ2v) is 9.06. The van der Waals surface area contributed by atoms with Crippen LogP contribution in [0.2, 0.25) is 10.0 Å². The maximum atomic E-state index is 12.9. The normalized spacial score (nSPS) is 15.8. The molecule has 0 aliphatic carbocycles. The first-order valence-electron chi connectivity index (χ1n) is 10.9. The highest BCUT2D eigenvalue weighted by Crippen LogP contribution is 2.23. The van der Waals surface area contributed by atoms with Crippen molar-refractivity contribution in [3.8, 4) is 0 Å². The van der Waals surface area contributed by atoms with E-state index in [4.69, 9.17) is 33.3 Å². The van der Waals surface area contributed by atoms with Crippen LogP contribution in [0.15, 0.2) is 42.5 Å². The van der Waals surface area contributed by atoms with Crippen molar-refractivity contribution in [1.82, 2.24) is 14.0 Å². The fraction of sp³-hybridized carbons (Fsp3) is 0.375. The Kier molecular flexibility index (Phi) is 7.22. The summed E-state index contributed by atoms with van der Waals surface area (Å²) < 4.78 is 8.96. The molecule has 1 amide bonds. The molecule has 1 aliphatic heterocycles. The molecule has 0 saturated carbocycles. The van der Waals surface area contributed by atoms with E-state index in [1.165, 1.54) is 0 Å². The molecule has 0 bridgehead atoms. The first kappa shape index (κ1) is 23.5. The third-order valence-electron chi connectivity index (χ3n) is 5.96. The van der Waals surface area contributed by atoms with E-state index < -0.39 is 0 Å². The SMILES string of the molecule is CN(CCCn1c(=N)n(CC(=O)c2ccc(Cl)cc2)c2cccc(Cl)c21)C(=O)C1CCCO1. The number of ketones is 1. The van der Waals surface area contributed by atoms with Crippen LogP contribution in [0.1, 0.15) is 29.6 Å². The van der Waals surface area contributed by atoms with Crippen LogP contribution in [0.5, 0.6) is 0 Å². The number of amides is 1. The van der Waals surface area contributed by atoms with E-state index in [1.807, 2.05) is 12.1 Å². The van der Waals surface area contributed by atoms with Crippen molar-refractivity contribution in [2.75, 3.05) is 20.2 Å². The molecule has 174 valence electrons. The number of aryl methyl sites for hydroxylation is 1. The number of hydrogen-bond acceptors (Lipinski definition) is 4. The number of fused-ring (bicyclic) bond motifs is 1. The number of carbonyl (C=O) groups is 2. The van der Waals surface area contributed by atoms with Crippen LogP contribution in [-0.2, 0) is 22.6 Å². The summed E-state index contributed by atoms with van der Waals surface area (Å²) in [5.74, 6) is -0.122. The largest absolute Gasteiger partial charge is 0.368 e. The molecular weight excluding hydrogens is 463 g/mol. The molecule has 1 aromatic heterocycles. The number of carbonyl (C=O) groups excluding carboxylic acids is 2. The van der Waals surface area contributed by atoms with Gasteiger partial charge in [0.05, 0.1) is 22.6 Å². The minimum absolute atomic E-state index is 0.00220. The highest BCUT2D eigenvalue weighted by atomic mass is 35.5. The van der Waals surface area contributed by atoms with Crippen LogP contribution < -0.4 is 5.62 Å². The minimum atomic E-state index is -0.343. The van der Waals surface area contributed by atoms with Gasteiger partial charge in [0.2, 0.25) is 5.62 Å². The zero-order chi connectivity index (χ0) is 23.5. The first-order valence-corrected chi connectivity index (χ1v) is 11.7. The van der Waals surface area contributed by atoms with Crippen LogP contribution in [0, 0.1) is 5.41 Å². The van der Waals surface area contributed by atoms with E-state index in [0.29, 0.717) is 47.2 Å². The quantitative estimate of drug-likeness (QED) is 0.483. The molecular formula is C24H26Cl2N4O3. The molecule has 1 fully saturated rings. The van der Waals surface area contributed by atoms with E-state index in [9.17, 15) is 9.59 Å². The molecule has 1 aliphatic rings. The van der Waals surface area contributed by atoms with Gasteiger partial charge in [0.15, 0.2) is 5.78 Å². The van der Waals surface area contributed by atoms with Gasteiger partial charge >= 0.3 is 0 Å². The molecule has 1 atom stereocenters. The molecule has 3 aromatic rings. The van der Waals surface area contributed by atoms with Gasteiger partial charge in [-0.25, -0.2) is 0 Å². The van der Waals surface area contributed by atoms with Crippen LogP contribution in [-0.4, -0.2) is 52.0 Å². The Morgan fingerprint density at radius 1 is 1.15 bits per heavy atom. The summed E-state index contributed by atoms with van der Waals surface area (Å²) in [6.45, 7) is 1.67. The lowest BCUT2D eigenvalue weighted by Gasteiger charge is -2.20. The number of aromatic nitrogens is 2. The maximum Gasteiger partial charge on any atom is 0.251 e. The summed E-state index contributed by atoms with van der Waals surface area (Å²) in [6.07, 6.45) is 1.97. The van der Waals surface area contributed by atoms with Crippen molar-refractivity contribution >= 4 is 45.9 Å². The van der Waals surface area contributed by atoms with Crippen molar-refractivity contribution in [3.05, 3.63) is 63.7 Å². The minimum Gasteiger partial charge on any atom is -0.368 e. The lowest BCUT2D eigenvalue weighted by Crippen LogP contribution is -2.37. The first-order chi connectivity index (χ1) is 15.9. The van der Waals surface area contributed by atoms with E-state index >= 15 is 0 Å². The van der Waals surface area contributed by atoms with Crippen molar-refractivity contribution in [2.45, 2.75) is 38.5 Å². The van der Waals surface area contributed by atoms with Crippen LogP contribution in [0.25, 0.3) is 11.0 Å². The van der Waals surface area contributed by atoms with Crippen molar-refractivity contribution in [1.29, 1.82) is 5.41 Å². The van der Waals surface area contributed by atoms with Crippen LogP contribution >= 0.6 is 23.2 Å². The van der Waals surface area contributed by atoms with E-state index in [-0.39, 0.29) is 30.0 Å². The Balaban J connectivity index is 1.54. The number of nitrogens with zero attached hydrogens (tertiary/aromatic N) is 3. The maximum absolute atomic E-state index is 12.9. The standard InChI is InChI=1S/C24H26Cl2N4O3/c1-28(23(32)21-7-3-14-33-21)12-4-13-29-22-18(26)5-2-6-19(22)30(24(29)27)15-20(31)16-8-10-17(25)11-9-16/h2,5-6,8-11,21,27H,3-4,7,12-15H2,1H3. The molecule has 1 N–H and O–H groups in total. The number of likely N-dealkylation sites (N-methyl/N-ethyl adjacent to an activating group) is 1. The molecule has 4 rings (SSSR count). The summed E-state index contributed by atoms with van der Waals surface area (Å²) in [5, 5.41) is 9.84. The Morgan fingerprint density at radius 3 is 2.61 bits per heavy atom. The van der Waals surface area contributed by atoms with Crippen molar-refractivity contribution < 1.29 is 14.3 Å². The monoisotopic (exact) mass is 488 g/mol. The Morgan fingerprint density at radius 2 is 1.91 bits per heavy atom. The molecule has 2 heterocycles. The van der Waals surface area contributed by atoms with Gasteiger partial charge in [-0.05, 0) is 55.7 Å². The Labute approximate surface area is 202 Å². The summed E-state index contributed by atoms with van der Waals surface area (Å²) in [4.78, 5) is 27.0. The molecule has 7 nitrogen and oxygen atoms in total. The summed E-state index contributed by atoms with van der Waals surface area (Å²) in [7, 11) is 1.78. The number of ether oxygens (including phenoxy) is 1. The second kappa shape index (κ2) is 10.1. The lowest BCUT2D eigenvalue weighted by atomic mass is 10.1. The number of nitrogens with one attached hydrogen (secondary N) is 1. The molecule has 1 saturated heterocycles. The van der Waals surface area contributed by atoms with Gasteiger partial charge in [-0.3, -0.25) is 15.0 Å². The fourth-order valence-electron chi connectivity index (χ4n) is 4.20. The highest BCUT2D eigenvalue weighted by Gasteiger charge is 2.26. The molecule has 1 unspecified atom stereocenters. The van der Waals surface area contributed by atoms with Gasteiger partial charge in [0.25, 0.3) is 5.91 Å². The topological polar surface area (TPSA) is 80.3 Å². The van der Waals surface area contributed by atoms with E-state index in [2.05, 4.69) is 0 Å². The number of benzene rings is 2. The van der Waals surface area contributed by atoms with Crippen LogP contribution in [0.4, 0.5) is 0 Å². The zero-order valence-electron chi connectivity index (χ0n) is 18.4. The van der Waals surface area contributed by atoms with Gasteiger partial charge in [-0.15, -0.1) is 0 Å². The molecule has 33 heavy (non-hydrogen) atoms.